The summed E-state index contributed by atoms with van der Waals surface area (Å²) >= 11 is 8.32. The Balaban J connectivity index is 1.55. The third-order valence-corrected chi connectivity index (χ3v) is 9.39. The maximum absolute atomic E-state index is 13.3. The molecule has 12 heteroatoms. The van der Waals surface area contributed by atoms with Gasteiger partial charge in [0.25, 0.3) is 10.0 Å². The highest BCUT2D eigenvalue weighted by Crippen LogP contribution is 2.39. The van der Waals surface area contributed by atoms with E-state index >= 15 is 0 Å². The van der Waals surface area contributed by atoms with Gasteiger partial charge in [0.15, 0.2) is 0 Å². The molecule has 0 fully saturated rings. The lowest BCUT2D eigenvalue weighted by atomic mass is 10.1. The van der Waals surface area contributed by atoms with E-state index in [2.05, 4.69) is 10.0 Å². The van der Waals surface area contributed by atoms with E-state index in [0.29, 0.717) is 16.1 Å². The number of sulfonamides is 1. The monoisotopic (exact) mass is 582 g/mol. The summed E-state index contributed by atoms with van der Waals surface area (Å²) in [6, 6.07) is 21.0. The summed E-state index contributed by atoms with van der Waals surface area (Å²) in [7, 11) is -3.71. The minimum atomic E-state index is -4.59. The van der Waals surface area contributed by atoms with Crippen molar-refractivity contribution < 1.29 is 26.4 Å². The highest BCUT2D eigenvalue weighted by Gasteiger charge is 2.31. The number of carbonyl (C=O) groups is 1. The van der Waals surface area contributed by atoms with E-state index in [-0.39, 0.29) is 14.9 Å². The van der Waals surface area contributed by atoms with Crippen LogP contribution in [0.1, 0.15) is 16.4 Å². The Bertz CT molecular complexity index is 1480. The van der Waals surface area contributed by atoms with Crippen LogP contribution in [-0.4, -0.2) is 14.3 Å². The molecule has 0 bridgehead atoms. The molecular formula is C25H18ClF3N2O3S3. The Kier molecular flexibility index (Phi) is 8.17. The van der Waals surface area contributed by atoms with Crippen LogP contribution in [0.2, 0.25) is 5.02 Å². The van der Waals surface area contributed by atoms with E-state index in [4.69, 9.17) is 11.6 Å². The first-order valence-corrected chi connectivity index (χ1v) is 14.2. The van der Waals surface area contributed by atoms with Crippen molar-refractivity contribution in [1.82, 2.24) is 0 Å². The van der Waals surface area contributed by atoms with Crippen LogP contribution in [0.15, 0.2) is 99.4 Å². The van der Waals surface area contributed by atoms with Gasteiger partial charge in [0.05, 0.1) is 16.3 Å². The zero-order valence-electron chi connectivity index (χ0n) is 18.7. The minimum absolute atomic E-state index is 0.0273. The summed E-state index contributed by atoms with van der Waals surface area (Å²) in [6.45, 7) is 0. The van der Waals surface area contributed by atoms with Crippen molar-refractivity contribution >= 4 is 62.0 Å². The molecule has 5 nitrogen and oxygen atoms in total. The summed E-state index contributed by atoms with van der Waals surface area (Å²) in [6.07, 6.45) is -4.59. The summed E-state index contributed by atoms with van der Waals surface area (Å²) < 4.78 is 67.1. The number of carbonyl (C=O) groups excluding carboxylic acids is 1. The predicted octanol–water partition coefficient (Wildman–Crippen LogP) is 7.69. The summed E-state index contributed by atoms with van der Waals surface area (Å²) in [5, 5.41) is 3.32. The zero-order chi connectivity index (χ0) is 26.6. The molecule has 37 heavy (non-hydrogen) atoms. The van der Waals surface area contributed by atoms with Crippen LogP contribution >= 0.6 is 34.7 Å². The summed E-state index contributed by atoms with van der Waals surface area (Å²) in [5.41, 5.74) is -0.122. The quantitative estimate of drug-likeness (QED) is 0.209. The Morgan fingerprint density at radius 1 is 0.946 bits per heavy atom. The van der Waals surface area contributed by atoms with Gasteiger partial charge in [0, 0.05) is 10.6 Å². The molecule has 4 aromatic rings. The van der Waals surface area contributed by atoms with Crippen LogP contribution in [0.25, 0.3) is 0 Å². The number of anilines is 2. The molecule has 0 saturated heterocycles. The second-order valence-corrected chi connectivity index (χ2v) is 12.1. The van der Waals surface area contributed by atoms with Crippen LogP contribution in [0, 0.1) is 0 Å². The van der Waals surface area contributed by atoms with Gasteiger partial charge in [-0.1, -0.05) is 48.0 Å². The van der Waals surface area contributed by atoms with Crippen molar-refractivity contribution in [2.45, 2.75) is 20.5 Å². The zero-order valence-corrected chi connectivity index (χ0v) is 21.9. The summed E-state index contributed by atoms with van der Waals surface area (Å²) in [4.78, 5) is 13.9. The topological polar surface area (TPSA) is 75.3 Å². The Hall–Kier alpha value is -2.99. The lowest BCUT2D eigenvalue weighted by Crippen LogP contribution is -2.19. The third-order valence-electron chi connectivity index (χ3n) is 5.01. The molecule has 192 valence electrons. The van der Waals surface area contributed by atoms with E-state index in [9.17, 15) is 26.4 Å². The van der Waals surface area contributed by atoms with Crippen molar-refractivity contribution in [3.05, 3.63) is 106 Å². The standard InChI is InChI=1S/C25H18ClF3N2O3S3/c26-20-13-8-17(25(27,28)29)15-21(20)30-24(32)23(16-5-2-1-3-6-16)36-19-11-9-18(10-12-19)31-37(33,34)22-7-4-14-35-22/h1-15,23,31H,(H,30,32). The normalized spacial score (nSPS) is 12.6. The van der Waals surface area contributed by atoms with Crippen LogP contribution in [0.5, 0.6) is 0 Å². The highest BCUT2D eigenvalue weighted by molar-refractivity contribution is 8.00. The third kappa shape index (κ3) is 6.86. The van der Waals surface area contributed by atoms with Crippen molar-refractivity contribution in [3.8, 4) is 0 Å². The van der Waals surface area contributed by atoms with Crippen molar-refractivity contribution in [2.24, 2.45) is 0 Å². The number of thioether (sulfide) groups is 1. The van der Waals surface area contributed by atoms with Gasteiger partial charge < -0.3 is 5.32 Å². The molecule has 0 saturated carbocycles. The number of hydrogen-bond donors (Lipinski definition) is 2. The number of rotatable bonds is 8. The van der Waals surface area contributed by atoms with E-state index in [0.717, 1.165) is 41.3 Å². The van der Waals surface area contributed by atoms with Gasteiger partial charge in [-0.25, -0.2) is 8.42 Å². The Labute approximate surface area is 224 Å². The van der Waals surface area contributed by atoms with Crippen LogP contribution in [0.3, 0.4) is 0 Å². The van der Waals surface area contributed by atoms with Gasteiger partial charge in [-0.05, 0) is 59.5 Å². The van der Waals surface area contributed by atoms with Crippen LogP contribution in [-0.2, 0) is 21.0 Å². The average molecular weight is 583 g/mol. The number of amides is 1. The smallest absolute Gasteiger partial charge is 0.323 e. The molecule has 3 aromatic carbocycles. The molecule has 2 N–H and O–H groups in total. The predicted molar refractivity (Wildman–Crippen MR) is 142 cm³/mol. The molecule has 1 heterocycles. The maximum atomic E-state index is 13.3. The van der Waals surface area contributed by atoms with Gasteiger partial charge in [0.2, 0.25) is 5.91 Å². The Morgan fingerprint density at radius 3 is 2.27 bits per heavy atom. The second-order valence-electron chi connectivity index (χ2n) is 7.65. The van der Waals surface area contributed by atoms with Crippen LogP contribution < -0.4 is 10.0 Å². The van der Waals surface area contributed by atoms with Gasteiger partial charge in [0.1, 0.15) is 9.46 Å². The summed E-state index contributed by atoms with van der Waals surface area (Å²) in [5.74, 6) is -0.570. The fourth-order valence-electron chi connectivity index (χ4n) is 3.26. The van der Waals surface area contributed by atoms with Gasteiger partial charge >= 0.3 is 6.18 Å². The first-order valence-electron chi connectivity index (χ1n) is 10.6. The largest absolute Gasteiger partial charge is 0.416 e. The van der Waals surface area contributed by atoms with E-state index in [1.165, 1.54) is 6.07 Å². The lowest BCUT2D eigenvalue weighted by Gasteiger charge is -2.18. The molecule has 0 spiro atoms. The number of alkyl halides is 3. The molecule has 1 amide bonds. The number of hydrogen-bond acceptors (Lipinski definition) is 5. The number of halogens is 4. The fraction of sp³-hybridized carbons (Fsp3) is 0.0800. The molecule has 0 aliphatic rings. The molecule has 0 aliphatic carbocycles. The van der Waals surface area contributed by atoms with Crippen molar-refractivity contribution in [1.29, 1.82) is 0 Å². The number of thiophene rings is 1. The SMILES string of the molecule is O=C(Nc1cc(C(F)(F)F)ccc1Cl)C(Sc1ccc(NS(=O)(=O)c2cccs2)cc1)c1ccccc1. The molecule has 1 aromatic heterocycles. The molecule has 4 rings (SSSR count). The van der Waals surface area contributed by atoms with Gasteiger partial charge in [-0.3, -0.25) is 9.52 Å². The first-order chi connectivity index (χ1) is 17.5. The molecular weight excluding hydrogens is 565 g/mol. The van der Waals surface area contributed by atoms with E-state index < -0.39 is 32.9 Å². The molecule has 0 aliphatic heterocycles. The van der Waals surface area contributed by atoms with Crippen molar-refractivity contribution in [2.75, 3.05) is 10.0 Å². The van der Waals surface area contributed by atoms with Gasteiger partial charge in [-0.2, -0.15) is 13.2 Å². The molecule has 1 atom stereocenters. The first kappa shape index (κ1) is 27.1. The maximum Gasteiger partial charge on any atom is 0.416 e. The van der Waals surface area contributed by atoms with Crippen molar-refractivity contribution in [3.63, 3.8) is 0 Å². The lowest BCUT2D eigenvalue weighted by molar-refractivity contribution is -0.137. The Morgan fingerprint density at radius 2 is 1.65 bits per heavy atom. The van der Waals surface area contributed by atoms with Crippen LogP contribution in [0.4, 0.5) is 24.5 Å². The average Bonchev–Trinajstić information content (AvgIpc) is 3.41. The fourth-order valence-corrected chi connectivity index (χ4v) is 6.50. The molecule has 1 unspecified atom stereocenters. The van der Waals surface area contributed by atoms with E-state index in [1.54, 1.807) is 66.0 Å². The van der Waals surface area contributed by atoms with Gasteiger partial charge in [-0.15, -0.1) is 23.1 Å². The number of benzene rings is 3. The molecule has 0 radical (unpaired) electrons. The second kappa shape index (κ2) is 11.2. The minimum Gasteiger partial charge on any atom is -0.323 e. The number of nitrogens with one attached hydrogen (secondary N) is 2. The highest BCUT2D eigenvalue weighted by atomic mass is 35.5. The van der Waals surface area contributed by atoms with E-state index in [1.807, 2.05) is 0 Å².